The molecule has 0 bridgehead atoms. The molecule has 4 heteroatoms. The Bertz CT molecular complexity index is 3250. The summed E-state index contributed by atoms with van der Waals surface area (Å²) in [7, 11) is -2.90. The van der Waals surface area contributed by atoms with Crippen molar-refractivity contribution in [3.8, 4) is 50.6 Å². The first kappa shape index (κ1) is 33.9. The number of fused-ring (bicyclic) bond motifs is 9. The summed E-state index contributed by atoms with van der Waals surface area (Å²) in [5, 5.41) is 7.64. The van der Waals surface area contributed by atoms with Crippen LogP contribution in [-0.4, -0.2) is 22.6 Å². The maximum absolute atomic E-state index is 5.69. The summed E-state index contributed by atoms with van der Waals surface area (Å²) in [5.74, 6) is 0.746. The molecule has 3 heterocycles. The lowest BCUT2D eigenvalue weighted by Crippen LogP contribution is -2.73. The lowest BCUT2D eigenvalue weighted by Gasteiger charge is -2.30. The van der Waals surface area contributed by atoms with Gasteiger partial charge in [-0.15, -0.1) is 0 Å². The molecule has 12 rings (SSSR count). The molecule has 3 nitrogen and oxygen atoms in total. The van der Waals surface area contributed by atoms with Crippen LogP contribution in [0, 0.1) is 0 Å². The van der Waals surface area contributed by atoms with Gasteiger partial charge in [0.05, 0.1) is 22.0 Å². The topological polar surface area (TPSA) is 30.7 Å². The molecule has 0 spiro atoms. The normalized spacial score (nSPS) is 14.2. The molecule has 0 amide bonds. The Morgan fingerprint density at radius 2 is 1.08 bits per heavy atom. The van der Waals surface area contributed by atoms with Crippen molar-refractivity contribution in [1.29, 1.82) is 0 Å². The van der Waals surface area contributed by atoms with Gasteiger partial charge in [0.15, 0.2) is 5.82 Å². The Hall–Kier alpha value is -7.14. The average Bonchev–Trinajstić information content (AvgIpc) is 3.87. The van der Waals surface area contributed by atoms with E-state index >= 15 is 0 Å². The highest BCUT2D eigenvalue weighted by Gasteiger charge is 2.51. The maximum Gasteiger partial charge on any atom is 0.203 e. The Morgan fingerprint density at radius 3 is 1.85 bits per heavy atom. The van der Waals surface area contributed by atoms with Crippen molar-refractivity contribution in [2.75, 3.05) is 0 Å². The smallest absolute Gasteiger partial charge is 0.203 e. The van der Waals surface area contributed by atoms with Gasteiger partial charge in [0.2, 0.25) is 8.07 Å². The highest BCUT2D eigenvalue weighted by molar-refractivity contribution is 7.21. The Balaban J connectivity index is 1.15. The SMILES string of the molecule is CC1(C)c2ccccc2-c2cc3c4ccccc4n(-c4cccc(-c5nc(-c6ccccc6)nc6c5-c5ccccc5[Si]6(c5ccccc5)c5ccccc5)c4)c3cc21. The molecule has 278 valence electrons. The van der Waals surface area contributed by atoms with E-state index in [1.54, 1.807) is 0 Å². The van der Waals surface area contributed by atoms with Gasteiger partial charge in [-0.25, -0.2) is 9.97 Å². The number of hydrogen-bond acceptors (Lipinski definition) is 2. The summed E-state index contributed by atoms with van der Waals surface area (Å²) in [6.45, 7) is 4.73. The summed E-state index contributed by atoms with van der Waals surface area (Å²) in [6.07, 6.45) is 0. The van der Waals surface area contributed by atoms with E-state index in [-0.39, 0.29) is 5.41 Å². The van der Waals surface area contributed by atoms with E-state index in [0.717, 1.165) is 39.2 Å². The second kappa shape index (κ2) is 12.7. The molecular formula is C55H39N3Si. The zero-order valence-corrected chi connectivity index (χ0v) is 33.9. The predicted octanol–water partition coefficient (Wildman–Crippen LogP) is 10.6. The van der Waals surface area contributed by atoms with Crippen molar-refractivity contribution in [2.24, 2.45) is 0 Å². The molecule has 2 aromatic heterocycles. The van der Waals surface area contributed by atoms with Crippen LogP contribution in [0.5, 0.6) is 0 Å². The van der Waals surface area contributed by atoms with Crippen molar-refractivity contribution in [3.05, 3.63) is 211 Å². The van der Waals surface area contributed by atoms with Crippen molar-refractivity contribution in [2.45, 2.75) is 19.3 Å². The fourth-order valence-corrected chi connectivity index (χ4v) is 15.4. The molecule has 0 N–H and O–H groups in total. The van der Waals surface area contributed by atoms with Gasteiger partial charge in [0.1, 0.15) is 0 Å². The molecule has 2 aliphatic rings. The van der Waals surface area contributed by atoms with Crippen molar-refractivity contribution in [1.82, 2.24) is 14.5 Å². The van der Waals surface area contributed by atoms with Gasteiger partial charge in [-0.1, -0.05) is 184 Å². The number of hydrogen-bond donors (Lipinski definition) is 0. The Kier molecular flexibility index (Phi) is 7.29. The van der Waals surface area contributed by atoms with Crippen LogP contribution in [0.4, 0.5) is 0 Å². The van der Waals surface area contributed by atoms with E-state index in [1.807, 2.05) is 0 Å². The van der Waals surface area contributed by atoms with E-state index in [9.17, 15) is 0 Å². The van der Waals surface area contributed by atoms with Crippen LogP contribution in [0.15, 0.2) is 200 Å². The Morgan fingerprint density at radius 1 is 0.458 bits per heavy atom. The van der Waals surface area contributed by atoms with Gasteiger partial charge in [-0.05, 0) is 73.7 Å². The number of rotatable bonds is 5. The van der Waals surface area contributed by atoms with E-state index in [0.29, 0.717) is 0 Å². The summed E-state index contributed by atoms with van der Waals surface area (Å²) in [6, 6.07) is 73.4. The lowest BCUT2D eigenvalue weighted by molar-refractivity contribution is 0.661. The van der Waals surface area contributed by atoms with Crippen LogP contribution >= 0.6 is 0 Å². The molecule has 0 radical (unpaired) electrons. The summed E-state index contributed by atoms with van der Waals surface area (Å²) >= 11 is 0. The zero-order valence-electron chi connectivity index (χ0n) is 32.9. The first-order valence-electron chi connectivity index (χ1n) is 20.5. The molecule has 0 saturated carbocycles. The lowest BCUT2D eigenvalue weighted by atomic mass is 9.82. The van der Waals surface area contributed by atoms with Crippen LogP contribution in [0.25, 0.3) is 72.4 Å². The molecule has 0 saturated heterocycles. The van der Waals surface area contributed by atoms with Crippen LogP contribution in [-0.2, 0) is 5.41 Å². The minimum Gasteiger partial charge on any atom is -0.309 e. The van der Waals surface area contributed by atoms with Gasteiger partial charge < -0.3 is 4.57 Å². The summed E-state index contributed by atoms with van der Waals surface area (Å²) in [5.41, 5.74) is 14.2. The standard InChI is InChI=1S/C55H39N3Si/c1-55(2)46-30-15-12-27-41(46)44-34-45-42-28-13-16-31-48(42)58(49(45)35-47(44)55)38-22-18-21-37(33-38)52-51-43-29-14-17-32-50(43)59(39-23-8-4-9-24-39,40-25-10-5-11-26-40)54(51)57-53(56-52)36-19-6-3-7-20-36/h3-35H,1-2H3. The highest BCUT2D eigenvalue weighted by Crippen LogP contribution is 2.51. The fourth-order valence-electron chi connectivity index (χ4n) is 10.4. The highest BCUT2D eigenvalue weighted by atomic mass is 28.3. The zero-order chi connectivity index (χ0) is 39.3. The third-order valence-corrected chi connectivity index (χ3v) is 17.8. The first-order chi connectivity index (χ1) is 29.0. The molecular weight excluding hydrogens is 731 g/mol. The van der Waals surface area contributed by atoms with Crippen molar-refractivity contribution < 1.29 is 0 Å². The van der Waals surface area contributed by atoms with Crippen LogP contribution < -0.4 is 20.9 Å². The van der Waals surface area contributed by atoms with E-state index in [1.165, 1.54) is 65.2 Å². The van der Waals surface area contributed by atoms with Crippen LogP contribution in [0.2, 0.25) is 0 Å². The van der Waals surface area contributed by atoms with Crippen LogP contribution in [0.1, 0.15) is 25.0 Å². The second-order valence-electron chi connectivity index (χ2n) is 16.5. The fraction of sp³-hybridized carbons (Fsp3) is 0.0545. The number of benzene rings is 8. The third-order valence-electron chi connectivity index (χ3n) is 13.1. The molecule has 0 fully saturated rings. The molecule has 8 aromatic carbocycles. The molecule has 0 atom stereocenters. The minimum atomic E-state index is -2.90. The molecule has 1 aliphatic heterocycles. The van der Waals surface area contributed by atoms with Gasteiger partial charge in [-0.3, -0.25) is 0 Å². The summed E-state index contributed by atoms with van der Waals surface area (Å²) in [4.78, 5) is 11.3. The van der Waals surface area contributed by atoms with Crippen molar-refractivity contribution in [3.63, 3.8) is 0 Å². The maximum atomic E-state index is 5.69. The van der Waals surface area contributed by atoms with Gasteiger partial charge in [0.25, 0.3) is 0 Å². The number of para-hydroxylation sites is 1. The van der Waals surface area contributed by atoms with Crippen LogP contribution in [0.3, 0.4) is 0 Å². The quantitative estimate of drug-likeness (QED) is 0.163. The third kappa shape index (κ3) is 4.75. The molecule has 10 aromatic rings. The second-order valence-corrected chi connectivity index (χ2v) is 20.2. The van der Waals surface area contributed by atoms with E-state index in [2.05, 4.69) is 219 Å². The minimum absolute atomic E-state index is 0.111. The number of nitrogens with zero attached hydrogens (tertiary/aromatic N) is 3. The number of aromatic nitrogens is 3. The van der Waals surface area contributed by atoms with Gasteiger partial charge >= 0.3 is 0 Å². The average molecular weight is 770 g/mol. The summed E-state index contributed by atoms with van der Waals surface area (Å²) < 4.78 is 2.47. The van der Waals surface area contributed by atoms with E-state index in [4.69, 9.17) is 9.97 Å². The predicted molar refractivity (Wildman–Crippen MR) is 247 cm³/mol. The Labute approximate surface area is 345 Å². The van der Waals surface area contributed by atoms with Crippen molar-refractivity contribution >= 4 is 50.8 Å². The molecule has 1 aliphatic carbocycles. The van der Waals surface area contributed by atoms with Gasteiger partial charge in [-0.2, -0.15) is 0 Å². The molecule has 0 unspecified atom stereocenters. The molecule has 59 heavy (non-hydrogen) atoms. The van der Waals surface area contributed by atoms with Gasteiger partial charge in [0, 0.05) is 38.6 Å². The largest absolute Gasteiger partial charge is 0.309 e. The van der Waals surface area contributed by atoms with E-state index < -0.39 is 8.07 Å². The monoisotopic (exact) mass is 769 g/mol. The first-order valence-corrected chi connectivity index (χ1v) is 22.5.